The van der Waals surface area contributed by atoms with Gasteiger partial charge in [0.15, 0.2) is 0 Å². The molecule has 0 aliphatic heterocycles. The summed E-state index contributed by atoms with van der Waals surface area (Å²) in [5.41, 5.74) is 0. The molecule has 15 heavy (non-hydrogen) atoms. The molecule has 0 amide bonds. The van der Waals surface area contributed by atoms with Crippen molar-refractivity contribution in [2.45, 2.75) is 81.2 Å². The molecule has 0 radical (unpaired) electrons. The van der Waals surface area contributed by atoms with E-state index in [9.17, 15) is 0 Å². The molecule has 2 aliphatic rings. The van der Waals surface area contributed by atoms with Crippen molar-refractivity contribution in [1.29, 1.82) is 0 Å². The normalized spacial score (nSPS) is 35.0. The van der Waals surface area contributed by atoms with Crippen LogP contribution in [-0.4, -0.2) is 17.0 Å². The number of rotatable bonds is 2. The van der Waals surface area contributed by atoms with Gasteiger partial charge in [0.25, 0.3) is 0 Å². The maximum atomic E-state index is 6.28. The second-order valence-corrected chi connectivity index (χ2v) is 6.26. The Labute approximate surface area is 102 Å². The molecular formula is C13H23BrO. The van der Waals surface area contributed by atoms with E-state index in [2.05, 4.69) is 15.9 Å². The van der Waals surface area contributed by atoms with Gasteiger partial charge in [0.05, 0.1) is 12.2 Å². The third-order valence-electron chi connectivity index (χ3n) is 3.79. The van der Waals surface area contributed by atoms with Gasteiger partial charge in [0.2, 0.25) is 0 Å². The molecule has 2 atom stereocenters. The molecule has 0 aromatic heterocycles. The van der Waals surface area contributed by atoms with E-state index < -0.39 is 0 Å². The van der Waals surface area contributed by atoms with Crippen LogP contribution in [0.2, 0.25) is 0 Å². The molecule has 0 bridgehead atoms. The third kappa shape index (κ3) is 3.74. The summed E-state index contributed by atoms with van der Waals surface area (Å²) in [6.07, 6.45) is 14.6. The van der Waals surface area contributed by atoms with Gasteiger partial charge in [-0.2, -0.15) is 0 Å². The van der Waals surface area contributed by atoms with Gasteiger partial charge in [-0.25, -0.2) is 0 Å². The van der Waals surface area contributed by atoms with Crippen molar-refractivity contribution >= 4 is 15.9 Å². The van der Waals surface area contributed by atoms with Crippen LogP contribution in [0.4, 0.5) is 0 Å². The van der Waals surface area contributed by atoms with E-state index in [1.165, 1.54) is 64.2 Å². The zero-order chi connectivity index (χ0) is 10.5. The Balaban J connectivity index is 1.78. The second kappa shape index (κ2) is 6.24. The first kappa shape index (κ1) is 11.9. The number of alkyl halides is 1. The topological polar surface area (TPSA) is 9.23 Å². The van der Waals surface area contributed by atoms with Crippen molar-refractivity contribution in [3.05, 3.63) is 0 Å². The Kier molecular flexibility index (Phi) is 4.96. The number of hydrogen-bond acceptors (Lipinski definition) is 1. The SMILES string of the molecule is BrC1CCCCC1OC1CCCCCC1. The highest BCUT2D eigenvalue weighted by atomic mass is 79.9. The number of hydrogen-bond donors (Lipinski definition) is 0. The van der Waals surface area contributed by atoms with E-state index in [4.69, 9.17) is 4.74 Å². The molecule has 0 heterocycles. The molecule has 88 valence electrons. The summed E-state index contributed by atoms with van der Waals surface area (Å²) in [5.74, 6) is 0. The van der Waals surface area contributed by atoms with Crippen LogP contribution in [0.3, 0.4) is 0 Å². The van der Waals surface area contributed by atoms with Crippen LogP contribution < -0.4 is 0 Å². The van der Waals surface area contributed by atoms with Crippen molar-refractivity contribution in [3.8, 4) is 0 Å². The van der Waals surface area contributed by atoms with Crippen molar-refractivity contribution in [2.75, 3.05) is 0 Å². The van der Waals surface area contributed by atoms with Crippen molar-refractivity contribution in [2.24, 2.45) is 0 Å². The molecule has 0 aromatic rings. The van der Waals surface area contributed by atoms with Crippen LogP contribution in [0.15, 0.2) is 0 Å². The van der Waals surface area contributed by atoms with Gasteiger partial charge < -0.3 is 4.74 Å². The molecule has 0 N–H and O–H groups in total. The molecule has 2 fully saturated rings. The molecule has 2 heteroatoms. The van der Waals surface area contributed by atoms with Crippen molar-refractivity contribution < 1.29 is 4.74 Å². The molecule has 0 spiro atoms. The van der Waals surface area contributed by atoms with Gasteiger partial charge in [0.1, 0.15) is 0 Å². The van der Waals surface area contributed by atoms with Gasteiger partial charge in [-0.1, -0.05) is 54.5 Å². The summed E-state index contributed by atoms with van der Waals surface area (Å²) in [4.78, 5) is 0.620. The number of halogens is 1. The van der Waals surface area contributed by atoms with Gasteiger partial charge in [-0.15, -0.1) is 0 Å². The van der Waals surface area contributed by atoms with Crippen LogP contribution in [0, 0.1) is 0 Å². The quantitative estimate of drug-likeness (QED) is 0.535. The molecule has 2 rings (SSSR count). The second-order valence-electron chi connectivity index (χ2n) is 5.09. The van der Waals surface area contributed by atoms with Crippen LogP contribution in [-0.2, 0) is 4.74 Å². The summed E-state index contributed by atoms with van der Waals surface area (Å²) in [6.45, 7) is 0. The average molecular weight is 275 g/mol. The maximum Gasteiger partial charge on any atom is 0.0703 e. The first-order chi connectivity index (χ1) is 7.36. The van der Waals surface area contributed by atoms with Crippen LogP contribution in [0.5, 0.6) is 0 Å². The summed E-state index contributed by atoms with van der Waals surface area (Å²) in [7, 11) is 0. The van der Waals surface area contributed by atoms with E-state index in [-0.39, 0.29) is 0 Å². The Bertz CT molecular complexity index is 175. The average Bonchev–Trinajstić information content (AvgIpc) is 2.50. The first-order valence-corrected chi connectivity index (χ1v) is 7.57. The van der Waals surface area contributed by atoms with Crippen LogP contribution in [0.25, 0.3) is 0 Å². The van der Waals surface area contributed by atoms with E-state index in [1.807, 2.05) is 0 Å². The minimum Gasteiger partial charge on any atom is -0.374 e. The minimum atomic E-state index is 0.502. The minimum absolute atomic E-state index is 0.502. The first-order valence-electron chi connectivity index (χ1n) is 6.66. The summed E-state index contributed by atoms with van der Waals surface area (Å²) in [6, 6.07) is 0. The highest BCUT2D eigenvalue weighted by molar-refractivity contribution is 9.09. The Hall–Kier alpha value is 0.440. The predicted molar refractivity (Wildman–Crippen MR) is 67.5 cm³/mol. The standard InChI is InChI=1S/C13H23BrO/c14-12-9-5-6-10-13(12)15-11-7-3-1-2-4-8-11/h11-13H,1-10H2. The fraction of sp³-hybridized carbons (Fsp3) is 1.00. The zero-order valence-corrected chi connectivity index (χ0v) is 11.2. The smallest absolute Gasteiger partial charge is 0.0703 e. The lowest BCUT2D eigenvalue weighted by molar-refractivity contribution is -0.0313. The predicted octanol–water partition coefficient (Wildman–Crippen LogP) is 4.43. The van der Waals surface area contributed by atoms with E-state index >= 15 is 0 Å². The van der Waals surface area contributed by atoms with Gasteiger partial charge in [-0.3, -0.25) is 0 Å². The van der Waals surface area contributed by atoms with E-state index in [1.54, 1.807) is 0 Å². The Morgan fingerprint density at radius 3 is 2.00 bits per heavy atom. The van der Waals surface area contributed by atoms with E-state index in [0.29, 0.717) is 17.0 Å². The lowest BCUT2D eigenvalue weighted by Crippen LogP contribution is -2.32. The summed E-state index contributed by atoms with van der Waals surface area (Å²) >= 11 is 3.78. The Morgan fingerprint density at radius 1 is 0.733 bits per heavy atom. The largest absolute Gasteiger partial charge is 0.374 e. The van der Waals surface area contributed by atoms with Crippen molar-refractivity contribution in [1.82, 2.24) is 0 Å². The van der Waals surface area contributed by atoms with Crippen LogP contribution in [0.1, 0.15) is 64.2 Å². The Morgan fingerprint density at radius 2 is 1.33 bits per heavy atom. The van der Waals surface area contributed by atoms with Gasteiger partial charge >= 0.3 is 0 Å². The lowest BCUT2D eigenvalue weighted by Gasteiger charge is -2.31. The molecule has 1 nitrogen and oxygen atoms in total. The molecule has 2 unspecified atom stereocenters. The fourth-order valence-corrected chi connectivity index (χ4v) is 3.54. The molecular weight excluding hydrogens is 252 g/mol. The van der Waals surface area contributed by atoms with Gasteiger partial charge in [0, 0.05) is 4.83 Å². The zero-order valence-electron chi connectivity index (χ0n) is 9.59. The van der Waals surface area contributed by atoms with Crippen LogP contribution >= 0.6 is 15.9 Å². The third-order valence-corrected chi connectivity index (χ3v) is 4.84. The number of ether oxygens (including phenoxy) is 1. The molecule has 0 aromatic carbocycles. The lowest BCUT2D eigenvalue weighted by atomic mass is 9.97. The van der Waals surface area contributed by atoms with Crippen molar-refractivity contribution in [3.63, 3.8) is 0 Å². The summed E-state index contributed by atoms with van der Waals surface area (Å²) in [5, 5.41) is 0. The summed E-state index contributed by atoms with van der Waals surface area (Å²) < 4.78 is 6.28. The van der Waals surface area contributed by atoms with Gasteiger partial charge in [-0.05, 0) is 25.7 Å². The molecule has 0 saturated heterocycles. The highest BCUT2D eigenvalue weighted by Crippen LogP contribution is 2.30. The molecule has 2 aliphatic carbocycles. The highest BCUT2D eigenvalue weighted by Gasteiger charge is 2.26. The maximum absolute atomic E-state index is 6.28. The monoisotopic (exact) mass is 274 g/mol. The van der Waals surface area contributed by atoms with E-state index in [0.717, 1.165) is 0 Å². The molecule has 2 saturated carbocycles. The fourth-order valence-electron chi connectivity index (χ4n) is 2.83.